The number of benzene rings is 1. The number of nitrogens with zero attached hydrogens (tertiary/aromatic N) is 1. The van der Waals surface area contributed by atoms with E-state index >= 15 is 0 Å². The molecule has 3 rings (SSSR count). The van der Waals surface area contributed by atoms with E-state index in [4.69, 9.17) is 4.74 Å². The Morgan fingerprint density at radius 3 is 2.55 bits per heavy atom. The predicted molar refractivity (Wildman–Crippen MR) is 105 cm³/mol. The maximum absolute atomic E-state index is 13.5. The third-order valence-corrected chi connectivity index (χ3v) is 7.93. The molecule has 0 spiro atoms. The lowest BCUT2D eigenvalue weighted by Crippen LogP contribution is -2.40. The molecule has 7 nitrogen and oxygen atoms in total. The first-order chi connectivity index (χ1) is 13.9. The fourth-order valence-corrected chi connectivity index (χ4v) is 5.62. The van der Waals surface area contributed by atoms with E-state index in [-0.39, 0.29) is 23.8 Å². The number of esters is 1. The highest BCUT2D eigenvalue weighted by molar-refractivity contribution is 7.91. The van der Waals surface area contributed by atoms with Crippen molar-refractivity contribution in [3.05, 3.63) is 53.2 Å². The highest BCUT2D eigenvalue weighted by Crippen LogP contribution is 2.26. The van der Waals surface area contributed by atoms with Gasteiger partial charge in [0.2, 0.25) is 0 Å². The highest BCUT2D eigenvalue weighted by Gasteiger charge is 2.33. The topological polar surface area (TPSA) is 92.8 Å². The van der Waals surface area contributed by atoms with Gasteiger partial charge in [0.05, 0.1) is 5.92 Å². The number of hydrogen-bond donors (Lipinski definition) is 1. The molecule has 0 bridgehead atoms. The normalized spacial score (nSPS) is 15.8. The Kier molecular flexibility index (Phi) is 6.99. The Morgan fingerprint density at radius 2 is 1.90 bits per heavy atom. The van der Waals surface area contributed by atoms with Gasteiger partial charge in [-0.25, -0.2) is 12.8 Å². The molecule has 1 aromatic heterocycles. The smallest absolute Gasteiger partial charge is 0.309 e. The third kappa shape index (κ3) is 5.40. The van der Waals surface area contributed by atoms with Gasteiger partial charge in [-0.15, -0.1) is 11.3 Å². The lowest BCUT2D eigenvalue weighted by atomic mass is 9.98. The third-order valence-electron chi connectivity index (χ3n) is 4.66. The van der Waals surface area contributed by atoms with Crippen molar-refractivity contribution in [1.29, 1.82) is 0 Å². The second kappa shape index (κ2) is 9.47. The lowest BCUT2D eigenvalue weighted by Gasteiger charge is -2.29. The number of ether oxygens (including phenoxy) is 1. The minimum Gasteiger partial charge on any atom is -0.455 e. The number of carbonyl (C=O) groups excluding carboxylic acids is 2. The average Bonchev–Trinajstić information content (AvgIpc) is 3.27. The molecule has 0 unspecified atom stereocenters. The molecule has 0 radical (unpaired) electrons. The van der Waals surface area contributed by atoms with E-state index in [0.717, 1.165) is 11.3 Å². The van der Waals surface area contributed by atoms with E-state index in [2.05, 4.69) is 5.32 Å². The van der Waals surface area contributed by atoms with Crippen LogP contribution in [0.4, 0.5) is 4.39 Å². The summed E-state index contributed by atoms with van der Waals surface area (Å²) >= 11 is 1.16. The van der Waals surface area contributed by atoms with Crippen molar-refractivity contribution >= 4 is 33.2 Å². The minimum absolute atomic E-state index is 0.00201. The van der Waals surface area contributed by atoms with Gasteiger partial charge in [-0.3, -0.25) is 9.59 Å². The Morgan fingerprint density at radius 1 is 1.17 bits per heavy atom. The van der Waals surface area contributed by atoms with Crippen LogP contribution in [0.25, 0.3) is 0 Å². The fourth-order valence-electron chi connectivity index (χ4n) is 3.01. The number of carbonyl (C=O) groups is 2. The van der Waals surface area contributed by atoms with E-state index in [1.807, 2.05) is 0 Å². The lowest BCUT2D eigenvalue weighted by molar-refractivity contribution is -0.153. The number of rotatable bonds is 7. The van der Waals surface area contributed by atoms with Crippen LogP contribution in [-0.2, 0) is 30.9 Å². The van der Waals surface area contributed by atoms with E-state index in [0.29, 0.717) is 18.4 Å². The molecule has 1 amide bonds. The summed E-state index contributed by atoms with van der Waals surface area (Å²) in [5, 5.41) is 4.20. The molecule has 2 heterocycles. The van der Waals surface area contributed by atoms with E-state index < -0.39 is 40.2 Å². The van der Waals surface area contributed by atoms with Gasteiger partial charge in [-0.1, -0.05) is 24.3 Å². The number of piperidine rings is 1. The first-order valence-electron chi connectivity index (χ1n) is 9.08. The summed E-state index contributed by atoms with van der Waals surface area (Å²) < 4.78 is 45.2. The van der Waals surface area contributed by atoms with Crippen LogP contribution < -0.4 is 5.32 Å². The monoisotopic (exact) mass is 440 g/mol. The molecule has 0 atom stereocenters. The van der Waals surface area contributed by atoms with Gasteiger partial charge in [0.15, 0.2) is 6.61 Å². The van der Waals surface area contributed by atoms with Gasteiger partial charge in [-0.05, 0) is 30.4 Å². The minimum atomic E-state index is -3.53. The Balaban J connectivity index is 1.42. The van der Waals surface area contributed by atoms with Gasteiger partial charge in [-0.2, -0.15) is 4.31 Å². The van der Waals surface area contributed by atoms with Crippen molar-refractivity contribution < 1.29 is 27.1 Å². The molecule has 2 aromatic rings. The number of hydrogen-bond acceptors (Lipinski definition) is 6. The van der Waals surface area contributed by atoms with Crippen LogP contribution >= 0.6 is 11.3 Å². The summed E-state index contributed by atoms with van der Waals surface area (Å²) in [6, 6.07) is 9.31. The summed E-state index contributed by atoms with van der Waals surface area (Å²) in [5.74, 6) is -1.93. The second-order valence-electron chi connectivity index (χ2n) is 6.59. The number of thiophene rings is 1. The van der Waals surface area contributed by atoms with E-state index in [1.165, 1.54) is 10.4 Å². The molecule has 1 saturated heterocycles. The first-order valence-corrected chi connectivity index (χ1v) is 11.4. The van der Waals surface area contributed by atoms with Crippen LogP contribution in [0.5, 0.6) is 0 Å². The molecule has 1 aliphatic heterocycles. The van der Waals surface area contributed by atoms with Crippen LogP contribution in [0, 0.1) is 11.7 Å². The number of sulfonamides is 1. The molecule has 156 valence electrons. The van der Waals surface area contributed by atoms with Crippen LogP contribution in [0.3, 0.4) is 0 Å². The van der Waals surface area contributed by atoms with Crippen molar-refractivity contribution in [3.63, 3.8) is 0 Å². The zero-order chi connectivity index (χ0) is 20.9. The first kappa shape index (κ1) is 21.4. The summed E-state index contributed by atoms with van der Waals surface area (Å²) in [4.78, 5) is 24.0. The zero-order valence-electron chi connectivity index (χ0n) is 15.5. The van der Waals surface area contributed by atoms with Gasteiger partial charge in [0.25, 0.3) is 15.9 Å². The SMILES string of the molecule is O=C(COC(=O)C1CCN(S(=O)(=O)c2cccs2)CC1)NCc1ccccc1F. The molecule has 1 aliphatic rings. The maximum Gasteiger partial charge on any atom is 0.309 e. The summed E-state index contributed by atoms with van der Waals surface area (Å²) in [6.07, 6.45) is 0.667. The van der Waals surface area contributed by atoms with Crippen molar-refractivity contribution in [2.45, 2.75) is 23.6 Å². The second-order valence-corrected chi connectivity index (χ2v) is 9.70. The van der Waals surface area contributed by atoms with Gasteiger partial charge in [0.1, 0.15) is 10.0 Å². The Bertz CT molecular complexity index is 955. The van der Waals surface area contributed by atoms with Gasteiger partial charge < -0.3 is 10.1 Å². The highest BCUT2D eigenvalue weighted by atomic mass is 32.2. The van der Waals surface area contributed by atoms with Crippen LogP contribution in [-0.4, -0.2) is 44.3 Å². The maximum atomic E-state index is 13.5. The largest absolute Gasteiger partial charge is 0.455 e. The van der Waals surface area contributed by atoms with Crippen molar-refractivity contribution in [2.75, 3.05) is 19.7 Å². The number of amides is 1. The van der Waals surface area contributed by atoms with Crippen molar-refractivity contribution in [3.8, 4) is 0 Å². The summed E-state index contributed by atoms with van der Waals surface area (Å²) in [5.41, 5.74) is 0.339. The van der Waals surface area contributed by atoms with Gasteiger partial charge >= 0.3 is 5.97 Å². The Hall–Kier alpha value is -2.30. The molecule has 29 heavy (non-hydrogen) atoms. The number of nitrogens with one attached hydrogen (secondary N) is 1. The zero-order valence-corrected chi connectivity index (χ0v) is 17.2. The molecule has 1 fully saturated rings. The van der Waals surface area contributed by atoms with E-state index in [9.17, 15) is 22.4 Å². The average molecular weight is 441 g/mol. The molecular weight excluding hydrogens is 419 g/mol. The molecule has 0 aliphatic carbocycles. The van der Waals surface area contributed by atoms with Crippen molar-refractivity contribution in [1.82, 2.24) is 9.62 Å². The van der Waals surface area contributed by atoms with Crippen LogP contribution in [0.2, 0.25) is 0 Å². The summed E-state index contributed by atoms with van der Waals surface area (Å²) in [7, 11) is -3.53. The van der Waals surface area contributed by atoms with Crippen molar-refractivity contribution in [2.24, 2.45) is 5.92 Å². The van der Waals surface area contributed by atoms with Crippen LogP contribution in [0.1, 0.15) is 18.4 Å². The van der Waals surface area contributed by atoms with Crippen LogP contribution in [0.15, 0.2) is 46.0 Å². The molecular formula is C19H21FN2O5S2. The van der Waals surface area contributed by atoms with Gasteiger partial charge in [0, 0.05) is 25.2 Å². The summed E-state index contributed by atoms with van der Waals surface area (Å²) in [6.45, 7) is -0.0119. The standard InChI is InChI=1S/C19H21FN2O5S2/c20-16-5-2-1-4-15(16)12-21-17(23)13-27-19(24)14-7-9-22(10-8-14)29(25,26)18-6-3-11-28-18/h1-6,11,14H,7-10,12-13H2,(H,21,23). The Labute approximate surface area is 172 Å². The predicted octanol–water partition coefficient (Wildman–Crippen LogP) is 2.15. The quantitative estimate of drug-likeness (QED) is 0.666. The fraction of sp³-hybridized carbons (Fsp3) is 0.368. The molecule has 1 N–H and O–H groups in total. The molecule has 1 aromatic carbocycles. The van der Waals surface area contributed by atoms with E-state index in [1.54, 1.807) is 35.7 Å². The number of halogens is 1. The molecule has 0 saturated carbocycles. The molecule has 10 heteroatoms.